The average molecular weight is 445 g/mol. The van der Waals surface area contributed by atoms with Gasteiger partial charge in [0, 0.05) is 12.8 Å². The number of methoxy groups -OCH3 is 1. The smallest absolute Gasteiger partial charge is 0.308 e. The molecule has 4 aliphatic rings. The van der Waals surface area contributed by atoms with Gasteiger partial charge in [0.2, 0.25) is 0 Å². The van der Waals surface area contributed by atoms with Crippen molar-refractivity contribution < 1.29 is 14.3 Å². The molecule has 4 rings (SSSR count). The van der Waals surface area contributed by atoms with Gasteiger partial charge in [-0.2, -0.15) is 0 Å². The number of unbranched alkanes of at least 4 members (excludes halogenated alkanes) is 4. The van der Waals surface area contributed by atoms with Crippen molar-refractivity contribution in [1.29, 1.82) is 0 Å². The van der Waals surface area contributed by atoms with Gasteiger partial charge < -0.3 is 4.74 Å². The Kier molecular flexibility index (Phi) is 7.42. The molecule has 182 valence electrons. The zero-order chi connectivity index (χ0) is 22.9. The molecule has 8 atom stereocenters. The van der Waals surface area contributed by atoms with Gasteiger partial charge >= 0.3 is 5.97 Å². The summed E-state index contributed by atoms with van der Waals surface area (Å²) in [6, 6.07) is 0. The van der Waals surface area contributed by atoms with Gasteiger partial charge in [-0.1, -0.05) is 52.9 Å². The maximum atomic E-state index is 12.9. The second-order valence-corrected chi connectivity index (χ2v) is 12.5. The molecule has 0 radical (unpaired) electrons. The van der Waals surface area contributed by atoms with E-state index in [9.17, 15) is 9.59 Å². The fourth-order valence-corrected chi connectivity index (χ4v) is 9.35. The Morgan fingerprint density at radius 1 is 0.969 bits per heavy atom. The second kappa shape index (κ2) is 9.79. The molecule has 0 aromatic heterocycles. The summed E-state index contributed by atoms with van der Waals surface area (Å²) in [6.07, 6.45) is 17.7. The first-order valence-corrected chi connectivity index (χ1v) is 13.9. The Bertz CT molecular complexity index is 686. The molecule has 0 N–H and O–H groups in total. The summed E-state index contributed by atoms with van der Waals surface area (Å²) in [4.78, 5) is 25.1. The monoisotopic (exact) mass is 444 g/mol. The maximum Gasteiger partial charge on any atom is 0.308 e. The van der Waals surface area contributed by atoms with Gasteiger partial charge in [-0.05, 0) is 91.8 Å². The van der Waals surface area contributed by atoms with Crippen molar-refractivity contribution in [3.05, 3.63) is 0 Å². The Balaban J connectivity index is 1.48. The third kappa shape index (κ3) is 4.20. The molecular formula is C29H48O3. The van der Waals surface area contributed by atoms with Crippen LogP contribution in [0.1, 0.15) is 117 Å². The number of hydrogen-bond donors (Lipinski definition) is 0. The molecule has 0 amide bonds. The van der Waals surface area contributed by atoms with Crippen LogP contribution in [-0.4, -0.2) is 18.9 Å². The van der Waals surface area contributed by atoms with Crippen LogP contribution in [0.3, 0.4) is 0 Å². The molecular weight excluding hydrogens is 396 g/mol. The molecule has 0 bridgehead atoms. The van der Waals surface area contributed by atoms with E-state index in [1.807, 2.05) is 0 Å². The fraction of sp³-hybridized carbons (Fsp3) is 0.931. The third-order valence-electron chi connectivity index (χ3n) is 11.2. The number of rotatable bonds is 8. The van der Waals surface area contributed by atoms with E-state index in [1.165, 1.54) is 64.2 Å². The van der Waals surface area contributed by atoms with Crippen molar-refractivity contribution in [3.63, 3.8) is 0 Å². The van der Waals surface area contributed by atoms with Crippen LogP contribution in [0.15, 0.2) is 0 Å². The molecule has 4 aliphatic carbocycles. The topological polar surface area (TPSA) is 43.4 Å². The average Bonchev–Trinajstić information content (AvgIpc) is 3.13. The highest BCUT2D eigenvalue weighted by Crippen LogP contribution is 2.68. The van der Waals surface area contributed by atoms with Gasteiger partial charge in [-0.15, -0.1) is 0 Å². The summed E-state index contributed by atoms with van der Waals surface area (Å²) in [5.41, 5.74) is 0.661. The number of carbonyl (C=O) groups excluding carboxylic acids is 2. The zero-order valence-corrected chi connectivity index (χ0v) is 21.3. The predicted octanol–water partition coefficient (Wildman–Crippen LogP) is 7.36. The minimum atomic E-state index is 0.0518. The van der Waals surface area contributed by atoms with E-state index in [-0.39, 0.29) is 17.3 Å². The van der Waals surface area contributed by atoms with Crippen molar-refractivity contribution in [2.75, 3.05) is 7.11 Å². The summed E-state index contributed by atoms with van der Waals surface area (Å²) in [6.45, 7) is 7.33. The highest BCUT2D eigenvalue weighted by atomic mass is 16.5. The number of carbonyl (C=O) groups is 2. The summed E-state index contributed by atoms with van der Waals surface area (Å²) >= 11 is 0. The van der Waals surface area contributed by atoms with Gasteiger partial charge in [-0.3, -0.25) is 9.59 Å². The lowest BCUT2D eigenvalue weighted by Gasteiger charge is -2.60. The lowest BCUT2D eigenvalue weighted by Crippen LogP contribution is -2.54. The number of fused-ring (bicyclic) bond motifs is 5. The van der Waals surface area contributed by atoms with Gasteiger partial charge in [0.05, 0.1) is 13.0 Å². The van der Waals surface area contributed by atoms with Crippen molar-refractivity contribution in [2.24, 2.45) is 46.3 Å². The first kappa shape index (κ1) is 24.3. The largest absolute Gasteiger partial charge is 0.469 e. The highest BCUT2D eigenvalue weighted by molar-refractivity contribution is 5.79. The molecule has 0 spiro atoms. The Labute approximate surface area is 196 Å². The summed E-state index contributed by atoms with van der Waals surface area (Å²) < 4.78 is 5.36. The lowest BCUT2D eigenvalue weighted by atomic mass is 9.44. The molecule has 4 fully saturated rings. The maximum absolute atomic E-state index is 12.9. The SMILES string of the molecule is CCCCCCC[C@@H](C(=O)OC)[C@H]1CC[C@H]2[C@@H]3CC[C@H]4CC(=O)CC[C@]4(C)[C@H]3CC[C@]12C. The van der Waals surface area contributed by atoms with E-state index in [0.29, 0.717) is 23.0 Å². The van der Waals surface area contributed by atoms with E-state index < -0.39 is 0 Å². The van der Waals surface area contributed by atoms with Crippen molar-refractivity contribution in [2.45, 2.75) is 117 Å². The highest BCUT2D eigenvalue weighted by Gasteiger charge is 2.61. The molecule has 0 heterocycles. The molecule has 0 unspecified atom stereocenters. The Morgan fingerprint density at radius 2 is 1.72 bits per heavy atom. The van der Waals surface area contributed by atoms with Crippen LogP contribution in [0.5, 0.6) is 0 Å². The van der Waals surface area contributed by atoms with Crippen LogP contribution in [0, 0.1) is 46.3 Å². The van der Waals surface area contributed by atoms with E-state index in [4.69, 9.17) is 4.74 Å². The van der Waals surface area contributed by atoms with Gasteiger partial charge in [0.1, 0.15) is 5.78 Å². The minimum Gasteiger partial charge on any atom is -0.469 e. The van der Waals surface area contributed by atoms with Crippen molar-refractivity contribution in [3.8, 4) is 0 Å². The van der Waals surface area contributed by atoms with Crippen molar-refractivity contribution in [1.82, 2.24) is 0 Å². The molecule has 0 aliphatic heterocycles. The molecule has 0 aromatic rings. The number of ketones is 1. The van der Waals surface area contributed by atoms with Crippen molar-refractivity contribution >= 4 is 11.8 Å². The summed E-state index contributed by atoms with van der Waals surface area (Å²) in [7, 11) is 1.59. The first-order chi connectivity index (χ1) is 15.3. The van der Waals surface area contributed by atoms with Crippen LogP contribution in [0.2, 0.25) is 0 Å². The zero-order valence-electron chi connectivity index (χ0n) is 21.3. The second-order valence-electron chi connectivity index (χ2n) is 12.5. The standard InChI is InChI=1S/C29H48O3/c1-5-6-7-8-9-10-23(27(31)32-4)25-14-13-24-22-12-11-20-19-21(30)15-17-28(20,2)26(22)16-18-29(24,25)3/h20,22-26H,5-19H2,1-4H3/t20-,22-,23+,24-,25+,26-,28-,29-/m0/s1. The Hall–Kier alpha value is -0.860. The fourth-order valence-electron chi connectivity index (χ4n) is 9.35. The van der Waals surface area contributed by atoms with Crippen LogP contribution in [0.25, 0.3) is 0 Å². The molecule has 0 saturated heterocycles. The van der Waals surface area contributed by atoms with Gasteiger partial charge in [0.25, 0.3) is 0 Å². The third-order valence-corrected chi connectivity index (χ3v) is 11.2. The molecule has 3 nitrogen and oxygen atoms in total. The lowest BCUT2D eigenvalue weighted by molar-refractivity contribution is -0.154. The van der Waals surface area contributed by atoms with Crippen LogP contribution in [-0.2, 0) is 14.3 Å². The quantitative estimate of drug-likeness (QED) is 0.290. The number of Topliss-reactive ketones (excluding diaryl/α,β-unsaturated/α-hetero) is 1. The molecule has 4 saturated carbocycles. The molecule has 32 heavy (non-hydrogen) atoms. The van der Waals surface area contributed by atoms with Crippen LogP contribution >= 0.6 is 0 Å². The number of ether oxygens (including phenoxy) is 1. The van der Waals surface area contributed by atoms with Crippen LogP contribution in [0.4, 0.5) is 0 Å². The molecule has 0 aromatic carbocycles. The van der Waals surface area contributed by atoms with E-state index in [0.717, 1.165) is 49.9 Å². The van der Waals surface area contributed by atoms with Crippen LogP contribution < -0.4 is 0 Å². The Morgan fingerprint density at radius 3 is 2.47 bits per heavy atom. The summed E-state index contributed by atoms with van der Waals surface area (Å²) in [5, 5.41) is 0. The van der Waals surface area contributed by atoms with E-state index in [2.05, 4.69) is 20.8 Å². The van der Waals surface area contributed by atoms with Gasteiger partial charge in [-0.25, -0.2) is 0 Å². The van der Waals surface area contributed by atoms with E-state index >= 15 is 0 Å². The van der Waals surface area contributed by atoms with Gasteiger partial charge in [0.15, 0.2) is 0 Å². The number of esters is 1. The number of hydrogen-bond acceptors (Lipinski definition) is 3. The van der Waals surface area contributed by atoms with E-state index in [1.54, 1.807) is 7.11 Å². The molecule has 3 heteroatoms. The minimum absolute atomic E-state index is 0.0518. The summed E-state index contributed by atoms with van der Waals surface area (Å²) in [5.74, 6) is 4.11. The normalized spacial score (nSPS) is 42.0. The predicted molar refractivity (Wildman–Crippen MR) is 129 cm³/mol. The first-order valence-electron chi connectivity index (χ1n) is 13.9.